The van der Waals surface area contributed by atoms with E-state index in [-0.39, 0.29) is 6.10 Å². The molecule has 10 heavy (non-hydrogen) atoms. The van der Waals surface area contributed by atoms with Gasteiger partial charge in [-0.2, -0.15) is 5.26 Å². The summed E-state index contributed by atoms with van der Waals surface area (Å²) in [7, 11) is 0. The zero-order valence-electron chi connectivity index (χ0n) is 6.13. The topological polar surface area (TPSA) is 33.0 Å². The van der Waals surface area contributed by atoms with Gasteiger partial charge in [0, 0.05) is 0 Å². The number of ether oxygens (including phenoxy) is 1. The van der Waals surface area contributed by atoms with E-state index < -0.39 is 0 Å². The Hall–Kier alpha value is -0.970. The third-order valence-electron chi connectivity index (χ3n) is 1.85. The molecule has 0 radical (unpaired) electrons. The van der Waals surface area contributed by atoms with Crippen molar-refractivity contribution in [1.29, 1.82) is 5.26 Å². The Kier molecular flexibility index (Phi) is 2.33. The van der Waals surface area contributed by atoms with E-state index >= 15 is 0 Å². The van der Waals surface area contributed by atoms with Crippen LogP contribution in [-0.4, -0.2) is 6.10 Å². The molecule has 0 saturated heterocycles. The summed E-state index contributed by atoms with van der Waals surface area (Å²) in [5, 5.41) is 8.24. The number of nitriles is 1. The van der Waals surface area contributed by atoms with Gasteiger partial charge in [-0.15, -0.1) is 0 Å². The number of allylic oxidation sites excluding steroid dienone is 1. The van der Waals surface area contributed by atoms with E-state index in [1.54, 1.807) is 6.26 Å². The summed E-state index contributed by atoms with van der Waals surface area (Å²) in [4.78, 5) is 0. The first kappa shape index (κ1) is 7.14. The normalized spacial score (nSPS) is 23.6. The number of hydrogen-bond acceptors (Lipinski definition) is 2. The Balaban J connectivity index is 2.48. The van der Waals surface area contributed by atoms with Gasteiger partial charge in [-0.1, -0.05) is 13.0 Å². The first-order valence-corrected chi connectivity index (χ1v) is 3.62. The van der Waals surface area contributed by atoms with Crippen molar-refractivity contribution in [3.63, 3.8) is 0 Å². The Labute approximate surface area is 61.1 Å². The van der Waals surface area contributed by atoms with Gasteiger partial charge in [0.1, 0.15) is 6.10 Å². The monoisotopic (exact) mass is 137 g/mol. The smallest absolute Gasteiger partial charge is 0.286 e. The molecule has 1 aliphatic carbocycles. The summed E-state index contributed by atoms with van der Waals surface area (Å²) < 4.78 is 4.84. The minimum atomic E-state index is 0.0926. The van der Waals surface area contributed by atoms with E-state index in [0.29, 0.717) is 0 Å². The Morgan fingerprint density at radius 1 is 1.90 bits per heavy atom. The van der Waals surface area contributed by atoms with E-state index in [1.165, 1.54) is 5.57 Å². The fourth-order valence-electron chi connectivity index (χ4n) is 1.31. The first-order valence-electron chi connectivity index (χ1n) is 3.62. The molecule has 0 heterocycles. The van der Waals surface area contributed by atoms with E-state index in [1.807, 2.05) is 0 Å². The van der Waals surface area contributed by atoms with Crippen LogP contribution in [0.3, 0.4) is 0 Å². The number of hydrogen-bond donors (Lipinski definition) is 0. The highest BCUT2D eigenvalue weighted by Crippen LogP contribution is 2.23. The molecule has 0 aromatic rings. The lowest BCUT2D eigenvalue weighted by Gasteiger charge is -2.08. The predicted octanol–water partition coefficient (Wildman–Crippen LogP) is 1.98. The molecular formula is C8H11NO. The van der Waals surface area contributed by atoms with E-state index in [9.17, 15) is 0 Å². The first-order chi connectivity index (χ1) is 4.88. The van der Waals surface area contributed by atoms with Crippen molar-refractivity contribution in [2.75, 3.05) is 0 Å². The summed E-state index contributed by atoms with van der Waals surface area (Å²) in [6.45, 7) is 2.09. The van der Waals surface area contributed by atoms with E-state index in [2.05, 4.69) is 13.0 Å². The van der Waals surface area contributed by atoms with Crippen LogP contribution in [-0.2, 0) is 4.74 Å². The maximum absolute atomic E-state index is 8.24. The fourth-order valence-corrected chi connectivity index (χ4v) is 1.31. The van der Waals surface area contributed by atoms with Gasteiger partial charge >= 0.3 is 0 Å². The Morgan fingerprint density at radius 3 is 3.30 bits per heavy atom. The van der Waals surface area contributed by atoms with Gasteiger partial charge in [0.15, 0.2) is 0 Å². The summed E-state index contributed by atoms with van der Waals surface area (Å²) in [6, 6.07) is 0. The molecule has 1 atom stereocenters. The average molecular weight is 137 g/mol. The lowest BCUT2D eigenvalue weighted by atomic mass is 10.1. The standard InChI is InChI=1S/C8H11NO/c1-2-7-4-3-5-8(7)10-6-9/h4,8H,2-3,5H2,1H3. The molecule has 0 bridgehead atoms. The van der Waals surface area contributed by atoms with Crippen LogP contribution in [0.4, 0.5) is 0 Å². The van der Waals surface area contributed by atoms with Crippen molar-refractivity contribution < 1.29 is 4.74 Å². The third-order valence-corrected chi connectivity index (χ3v) is 1.85. The van der Waals surface area contributed by atoms with Crippen molar-refractivity contribution in [3.05, 3.63) is 11.6 Å². The SMILES string of the molecule is CCC1=CCCC1OC#N. The van der Waals surface area contributed by atoms with Crippen molar-refractivity contribution >= 4 is 0 Å². The van der Waals surface area contributed by atoms with Gasteiger partial charge in [-0.25, -0.2) is 0 Å². The van der Waals surface area contributed by atoms with Crippen LogP contribution in [0, 0.1) is 11.5 Å². The van der Waals surface area contributed by atoms with Crippen LogP contribution in [0.5, 0.6) is 0 Å². The van der Waals surface area contributed by atoms with Crippen molar-refractivity contribution in [3.8, 4) is 6.26 Å². The zero-order chi connectivity index (χ0) is 7.40. The average Bonchev–Trinajstić information content (AvgIpc) is 2.36. The van der Waals surface area contributed by atoms with Crippen molar-refractivity contribution in [2.24, 2.45) is 0 Å². The molecule has 1 rings (SSSR count). The lowest BCUT2D eigenvalue weighted by molar-refractivity contribution is 0.192. The van der Waals surface area contributed by atoms with Crippen LogP contribution in [0.1, 0.15) is 26.2 Å². The number of rotatable bonds is 2. The molecule has 0 aliphatic heterocycles. The van der Waals surface area contributed by atoms with Gasteiger partial charge in [0.05, 0.1) is 0 Å². The highest BCUT2D eigenvalue weighted by Gasteiger charge is 2.18. The molecule has 0 aromatic carbocycles. The Morgan fingerprint density at radius 2 is 2.70 bits per heavy atom. The molecule has 1 aliphatic rings. The van der Waals surface area contributed by atoms with Gasteiger partial charge < -0.3 is 4.74 Å². The largest absolute Gasteiger partial charge is 0.420 e. The zero-order valence-corrected chi connectivity index (χ0v) is 6.13. The molecule has 0 saturated carbocycles. The van der Waals surface area contributed by atoms with Crippen molar-refractivity contribution in [1.82, 2.24) is 0 Å². The maximum Gasteiger partial charge on any atom is 0.286 e. The molecule has 1 unspecified atom stereocenters. The molecule has 2 heteroatoms. The van der Waals surface area contributed by atoms with E-state index in [0.717, 1.165) is 19.3 Å². The second-order valence-electron chi connectivity index (χ2n) is 2.41. The van der Waals surface area contributed by atoms with Crippen LogP contribution < -0.4 is 0 Å². The highest BCUT2D eigenvalue weighted by molar-refractivity contribution is 5.14. The maximum atomic E-state index is 8.24. The molecular weight excluding hydrogens is 126 g/mol. The van der Waals surface area contributed by atoms with Gasteiger partial charge in [-0.3, -0.25) is 0 Å². The lowest BCUT2D eigenvalue weighted by Crippen LogP contribution is -2.07. The molecule has 0 spiro atoms. The Bertz CT molecular complexity index is 178. The summed E-state index contributed by atoms with van der Waals surface area (Å²) in [6.07, 6.45) is 7.05. The summed E-state index contributed by atoms with van der Waals surface area (Å²) in [5.74, 6) is 0. The van der Waals surface area contributed by atoms with Crippen LogP contribution in [0.15, 0.2) is 11.6 Å². The van der Waals surface area contributed by atoms with Gasteiger partial charge in [-0.05, 0) is 24.8 Å². The molecule has 0 aromatic heterocycles. The second-order valence-corrected chi connectivity index (χ2v) is 2.41. The third kappa shape index (κ3) is 1.30. The summed E-state index contributed by atoms with van der Waals surface area (Å²) >= 11 is 0. The van der Waals surface area contributed by atoms with E-state index in [4.69, 9.17) is 10.00 Å². The molecule has 0 amide bonds. The summed E-state index contributed by atoms with van der Waals surface area (Å²) in [5.41, 5.74) is 1.28. The van der Waals surface area contributed by atoms with Crippen LogP contribution >= 0.6 is 0 Å². The minimum Gasteiger partial charge on any atom is -0.420 e. The second kappa shape index (κ2) is 3.26. The number of nitrogens with zero attached hydrogens (tertiary/aromatic N) is 1. The highest BCUT2D eigenvalue weighted by atomic mass is 16.5. The fraction of sp³-hybridized carbons (Fsp3) is 0.625. The van der Waals surface area contributed by atoms with Gasteiger partial charge in [0.25, 0.3) is 6.26 Å². The van der Waals surface area contributed by atoms with Crippen LogP contribution in [0.2, 0.25) is 0 Å². The quantitative estimate of drug-likeness (QED) is 0.430. The van der Waals surface area contributed by atoms with Gasteiger partial charge in [0.2, 0.25) is 0 Å². The predicted molar refractivity (Wildman–Crippen MR) is 38.1 cm³/mol. The molecule has 0 fully saturated rings. The molecule has 54 valence electrons. The molecule has 0 N–H and O–H groups in total. The molecule has 2 nitrogen and oxygen atoms in total. The van der Waals surface area contributed by atoms with Crippen LogP contribution in [0.25, 0.3) is 0 Å². The van der Waals surface area contributed by atoms with Crippen molar-refractivity contribution in [2.45, 2.75) is 32.3 Å². The minimum absolute atomic E-state index is 0.0926.